The lowest BCUT2D eigenvalue weighted by atomic mass is 9.95. The molecule has 0 unspecified atom stereocenters. The topological polar surface area (TPSA) is 59.8 Å². The quantitative estimate of drug-likeness (QED) is 0.809. The first-order chi connectivity index (χ1) is 11.0. The van der Waals surface area contributed by atoms with Crippen molar-refractivity contribution in [1.82, 2.24) is 19.9 Å². The standard InChI is InChI=1S/C18H20N4O/c1-18(2,3)17(23)20-11-13-7-6-10-19-16(13)22-12-21-14-8-4-5-9-15(14)22/h4-10,12H,11H2,1-3H3,(H,20,23). The molecule has 5 nitrogen and oxygen atoms in total. The highest BCUT2D eigenvalue weighted by Gasteiger charge is 2.21. The minimum atomic E-state index is -0.413. The largest absolute Gasteiger partial charge is 0.351 e. The number of carbonyl (C=O) groups excluding carboxylic acids is 1. The summed E-state index contributed by atoms with van der Waals surface area (Å²) in [5, 5.41) is 2.98. The molecule has 0 bridgehead atoms. The van der Waals surface area contributed by atoms with E-state index in [-0.39, 0.29) is 5.91 Å². The SMILES string of the molecule is CC(C)(C)C(=O)NCc1cccnc1-n1cnc2ccccc21. The van der Waals surface area contributed by atoms with Gasteiger partial charge in [-0.25, -0.2) is 9.97 Å². The third kappa shape index (κ3) is 3.08. The fourth-order valence-corrected chi connectivity index (χ4v) is 2.35. The Hall–Kier alpha value is -2.69. The summed E-state index contributed by atoms with van der Waals surface area (Å²) in [7, 11) is 0. The molecule has 1 aromatic carbocycles. The molecule has 1 N–H and O–H groups in total. The number of nitrogens with zero attached hydrogens (tertiary/aromatic N) is 3. The molecule has 3 aromatic rings. The molecular formula is C18H20N4O. The van der Waals surface area contributed by atoms with E-state index in [4.69, 9.17) is 0 Å². The van der Waals surface area contributed by atoms with E-state index in [9.17, 15) is 4.79 Å². The maximum Gasteiger partial charge on any atom is 0.225 e. The predicted octanol–water partition coefficient (Wildman–Crippen LogP) is 3.08. The second-order valence-corrected chi connectivity index (χ2v) is 6.52. The summed E-state index contributed by atoms with van der Waals surface area (Å²) < 4.78 is 1.95. The molecule has 5 heteroatoms. The van der Waals surface area contributed by atoms with Crippen LogP contribution in [0, 0.1) is 5.41 Å². The van der Waals surface area contributed by atoms with Crippen LogP contribution in [0.3, 0.4) is 0 Å². The fraction of sp³-hybridized carbons (Fsp3) is 0.278. The number of rotatable bonds is 3. The van der Waals surface area contributed by atoms with Crippen molar-refractivity contribution in [1.29, 1.82) is 0 Å². The van der Waals surface area contributed by atoms with Gasteiger partial charge in [-0.05, 0) is 18.2 Å². The van der Waals surface area contributed by atoms with Crippen molar-refractivity contribution >= 4 is 16.9 Å². The maximum atomic E-state index is 12.1. The molecule has 118 valence electrons. The Labute approximate surface area is 135 Å². The van der Waals surface area contributed by atoms with Gasteiger partial charge in [0.05, 0.1) is 11.0 Å². The first kappa shape index (κ1) is 15.2. The van der Waals surface area contributed by atoms with Gasteiger partial charge >= 0.3 is 0 Å². The average Bonchev–Trinajstić information content (AvgIpc) is 2.96. The molecule has 0 aliphatic carbocycles. The summed E-state index contributed by atoms with van der Waals surface area (Å²) >= 11 is 0. The molecule has 0 aliphatic rings. The first-order valence-corrected chi connectivity index (χ1v) is 7.61. The molecule has 0 saturated heterocycles. The summed E-state index contributed by atoms with van der Waals surface area (Å²) in [4.78, 5) is 21.0. The number of nitrogens with one attached hydrogen (secondary N) is 1. The molecule has 0 fully saturated rings. The number of fused-ring (bicyclic) bond motifs is 1. The highest BCUT2D eigenvalue weighted by molar-refractivity contribution is 5.81. The third-order valence-corrected chi connectivity index (χ3v) is 3.67. The molecule has 0 spiro atoms. The van der Waals surface area contributed by atoms with Crippen molar-refractivity contribution in [3.05, 3.63) is 54.5 Å². The highest BCUT2D eigenvalue weighted by atomic mass is 16.2. The van der Waals surface area contributed by atoms with Crippen LogP contribution in [-0.4, -0.2) is 20.4 Å². The zero-order chi connectivity index (χ0) is 16.4. The van der Waals surface area contributed by atoms with Gasteiger partial charge in [-0.1, -0.05) is 39.0 Å². The average molecular weight is 308 g/mol. The smallest absolute Gasteiger partial charge is 0.225 e. The van der Waals surface area contributed by atoms with Crippen LogP contribution in [0.4, 0.5) is 0 Å². The van der Waals surface area contributed by atoms with E-state index in [1.165, 1.54) is 0 Å². The second-order valence-electron chi connectivity index (χ2n) is 6.52. The summed E-state index contributed by atoms with van der Waals surface area (Å²) in [6.45, 7) is 6.13. The minimum absolute atomic E-state index is 0.0165. The maximum absolute atomic E-state index is 12.1. The van der Waals surface area contributed by atoms with E-state index >= 15 is 0 Å². The number of aromatic nitrogens is 3. The van der Waals surface area contributed by atoms with Crippen molar-refractivity contribution in [3.8, 4) is 5.82 Å². The lowest BCUT2D eigenvalue weighted by Crippen LogP contribution is -2.34. The monoisotopic (exact) mass is 308 g/mol. The number of amides is 1. The van der Waals surface area contributed by atoms with Crippen LogP contribution in [0.25, 0.3) is 16.9 Å². The van der Waals surface area contributed by atoms with Crippen LogP contribution < -0.4 is 5.32 Å². The molecule has 2 aromatic heterocycles. The summed E-state index contributed by atoms with van der Waals surface area (Å²) in [6.07, 6.45) is 3.52. The van der Waals surface area contributed by atoms with Gasteiger partial charge in [-0.15, -0.1) is 0 Å². The first-order valence-electron chi connectivity index (χ1n) is 7.61. The number of carbonyl (C=O) groups is 1. The number of imidazole rings is 1. The Morgan fingerprint density at radius 3 is 2.70 bits per heavy atom. The molecule has 0 atom stereocenters. The predicted molar refractivity (Wildman–Crippen MR) is 90.2 cm³/mol. The fourth-order valence-electron chi connectivity index (χ4n) is 2.35. The van der Waals surface area contributed by atoms with E-state index in [0.29, 0.717) is 6.54 Å². The number of hydrogen-bond acceptors (Lipinski definition) is 3. The normalized spacial score (nSPS) is 11.6. The van der Waals surface area contributed by atoms with E-state index in [2.05, 4.69) is 15.3 Å². The van der Waals surface area contributed by atoms with Crippen LogP contribution in [0.5, 0.6) is 0 Å². The van der Waals surface area contributed by atoms with Crippen molar-refractivity contribution < 1.29 is 4.79 Å². The van der Waals surface area contributed by atoms with Gasteiger partial charge < -0.3 is 5.32 Å². The Kier molecular flexibility index (Phi) is 3.86. The number of hydrogen-bond donors (Lipinski definition) is 1. The van der Waals surface area contributed by atoms with Crippen molar-refractivity contribution in [2.24, 2.45) is 5.41 Å². The Bertz CT molecular complexity index is 845. The third-order valence-electron chi connectivity index (χ3n) is 3.67. The van der Waals surface area contributed by atoms with Gasteiger partial charge in [-0.2, -0.15) is 0 Å². The lowest BCUT2D eigenvalue weighted by molar-refractivity contribution is -0.128. The molecule has 0 saturated carbocycles. The van der Waals surface area contributed by atoms with Gasteiger partial charge in [0.25, 0.3) is 0 Å². The Balaban J connectivity index is 1.94. The van der Waals surface area contributed by atoms with Crippen molar-refractivity contribution in [2.45, 2.75) is 27.3 Å². The summed E-state index contributed by atoms with van der Waals surface area (Å²) in [5.74, 6) is 0.804. The molecule has 0 aliphatic heterocycles. The van der Waals surface area contributed by atoms with Crippen LogP contribution in [-0.2, 0) is 11.3 Å². The van der Waals surface area contributed by atoms with E-state index in [1.54, 1.807) is 12.5 Å². The van der Waals surface area contributed by atoms with Gasteiger partial charge in [0.2, 0.25) is 5.91 Å². The molecule has 3 rings (SSSR count). The van der Waals surface area contributed by atoms with Gasteiger partial charge in [0.1, 0.15) is 12.1 Å². The second kappa shape index (κ2) is 5.83. The van der Waals surface area contributed by atoms with Gasteiger partial charge in [0, 0.05) is 23.7 Å². The number of para-hydroxylation sites is 2. The van der Waals surface area contributed by atoms with Crippen molar-refractivity contribution in [3.63, 3.8) is 0 Å². The highest BCUT2D eigenvalue weighted by Crippen LogP contribution is 2.19. The van der Waals surface area contributed by atoms with Gasteiger partial charge in [0.15, 0.2) is 0 Å². The molecule has 0 radical (unpaired) electrons. The van der Waals surface area contributed by atoms with Gasteiger partial charge in [-0.3, -0.25) is 9.36 Å². The van der Waals surface area contributed by atoms with Crippen LogP contribution in [0.15, 0.2) is 48.9 Å². The van der Waals surface area contributed by atoms with E-state index in [0.717, 1.165) is 22.4 Å². The van der Waals surface area contributed by atoms with E-state index in [1.807, 2.05) is 61.7 Å². The van der Waals surface area contributed by atoms with Crippen LogP contribution in [0.1, 0.15) is 26.3 Å². The number of benzene rings is 1. The van der Waals surface area contributed by atoms with E-state index < -0.39 is 5.41 Å². The Morgan fingerprint density at radius 1 is 1.13 bits per heavy atom. The zero-order valence-electron chi connectivity index (χ0n) is 13.6. The lowest BCUT2D eigenvalue weighted by Gasteiger charge is -2.18. The molecule has 23 heavy (non-hydrogen) atoms. The molecular weight excluding hydrogens is 288 g/mol. The minimum Gasteiger partial charge on any atom is -0.351 e. The van der Waals surface area contributed by atoms with Crippen molar-refractivity contribution in [2.75, 3.05) is 0 Å². The molecule has 2 heterocycles. The summed E-state index contributed by atoms with van der Waals surface area (Å²) in [5.41, 5.74) is 2.45. The Morgan fingerprint density at radius 2 is 1.91 bits per heavy atom. The summed E-state index contributed by atoms with van der Waals surface area (Å²) in [6, 6.07) is 11.8. The zero-order valence-corrected chi connectivity index (χ0v) is 13.6. The number of pyridine rings is 1. The molecule has 1 amide bonds. The van der Waals surface area contributed by atoms with Crippen LogP contribution >= 0.6 is 0 Å². The van der Waals surface area contributed by atoms with Crippen LogP contribution in [0.2, 0.25) is 0 Å².